The summed E-state index contributed by atoms with van der Waals surface area (Å²) in [6.07, 6.45) is 3.30. The zero-order valence-electron chi connectivity index (χ0n) is 9.29. The summed E-state index contributed by atoms with van der Waals surface area (Å²) < 4.78 is 6.92. The van der Waals surface area contributed by atoms with Gasteiger partial charge < -0.3 is 10.1 Å². The van der Waals surface area contributed by atoms with Gasteiger partial charge in [-0.15, -0.1) is 5.10 Å². The van der Waals surface area contributed by atoms with Gasteiger partial charge in [0, 0.05) is 12.6 Å². The maximum atomic E-state index is 5.32. The van der Waals surface area contributed by atoms with E-state index in [9.17, 15) is 0 Å². The van der Waals surface area contributed by atoms with Crippen LogP contribution in [0.3, 0.4) is 0 Å². The Balaban J connectivity index is 2.11. The summed E-state index contributed by atoms with van der Waals surface area (Å²) >= 11 is 0. The van der Waals surface area contributed by atoms with Crippen LogP contribution in [0.25, 0.3) is 5.65 Å². The second-order valence-corrected chi connectivity index (χ2v) is 3.45. The first-order valence-corrected chi connectivity index (χ1v) is 5.17. The molecule has 0 aliphatic carbocycles. The highest BCUT2D eigenvalue weighted by atomic mass is 16.5. The van der Waals surface area contributed by atoms with Crippen LogP contribution < -0.4 is 5.32 Å². The largest absolute Gasteiger partial charge is 0.380 e. The van der Waals surface area contributed by atoms with Crippen molar-refractivity contribution in [3.8, 4) is 0 Å². The fraction of sp³-hybridized carbons (Fsp3) is 0.556. The van der Waals surface area contributed by atoms with Gasteiger partial charge in [-0.2, -0.15) is 4.52 Å². The highest BCUT2D eigenvalue weighted by Crippen LogP contribution is 2.07. The number of ether oxygens (including phenoxy) is 1. The Bertz CT molecular complexity index is 456. The summed E-state index contributed by atoms with van der Waals surface area (Å²) in [4.78, 5) is 4.05. The van der Waals surface area contributed by atoms with Crippen molar-refractivity contribution < 1.29 is 4.74 Å². The van der Waals surface area contributed by atoms with Crippen LogP contribution >= 0.6 is 0 Å². The molecule has 16 heavy (non-hydrogen) atoms. The van der Waals surface area contributed by atoms with Gasteiger partial charge in [-0.05, 0) is 24.3 Å². The van der Waals surface area contributed by atoms with Crippen LogP contribution in [0, 0.1) is 0 Å². The van der Waals surface area contributed by atoms with Gasteiger partial charge in [0.1, 0.15) is 0 Å². The lowest BCUT2D eigenvalue weighted by Gasteiger charge is -2.14. The fourth-order valence-corrected chi connectivity index (χ4v) is 1.36. The van der Waals surface area contributed by atoms with Gasteiger partial charge in [0.2, 0.25) is 0 Å². The molecule has 0 saturated heterocycles. The maximum Gasteiger partial charge on any atom is 0.199 e. The molecule has 1 atom stereocenters. The van der Waals surface area contributed by atoms with E-state index in [0.29, 0.717) is 18.9 Å². The van der Waals surface area contributed by atoms with Gasteiger partial charge in [0.15, 0.2) is 11.5 Å². The molecule has 0 spiro atoms. The van der Waals surface area contributed by atoms with Crippen molar-refractivity contribution in [1.29, 1.82) is 0 Å². The Morgan fingerprint density at radius 2 is 2.38 bits per heavy atom. The van der Waals surface area contributed by atoms with Crippen LogP contribution in [-0.2, 0) is 4.74 Å². The summed E-state index contributed by atoms with van der Waals surface area (Å²) in [7, 11) is 0. The highest BCUT2D eigenvalue weighted by molar-refractivity contribution is 5.44. The summed E-state index contributed by atoms with van der Waals surface area (Å²) in [5.74, 6) is 0.759. The second kappa shape index (κ2) is 4.84. The lowest BCUT2D eigenvalue weighted by Crippen LogP contribution is -2.23. The van der Waals surface area contributed by atoms with Crippen LogP contribution in [0.15, 0.2) is 12.4 Å². The fourth-order valence-electron chi connectivity index (χ4n) is 1.36. The Hall–Kier alpha value is -1.76. The normalized spacial score (nSPS) is 12.9. The van der Waals surface area contributed by atoms with Gasteiger partial charge in [-0.1, -0.05) is 0 Å². The number of tetrazole rings is 1. The molecule has 0 fully saturated rings. The van der Waals surface area contributed by atoms with Gasteiger partial charge in [-0.25, -0.2) is 0 Å². The molecular weight excluding hydrogens is 208 g/mol. The predicted octanol–water partition coefficient (Wildman–Crippen LogP) is 0.356. The molecule has 7 nitrogen and oxygen atoms in total. The van der Waals surface area contributed by atoms with E-state index in [4.69, 9.17) is 4.74 Å². The lowest BCUT2D eigenvalue weighted by atomic mass is 10.3. The van der Waals surface area contributed by atoms with Crippen LogP contribution in [0.5, 0.6) is 0 Å². The molecule has 2 aromatic rings. The summed E-state index contributed by atoms with van der Waals surface area (Å²) in [6, 6.07) is 0.177. The average Bonchev–Trinajstić information content (AvgIpc) is 2.75. The first-order chi connectivity index (χ1) is 7.81. The van der Waals surface area contributed by atoms with E-state index < -0.39 is 0 Å². The van der Waals surface area contributed by atoms with Crippen molar-refractivity contribution in [1.82, 2.24) is 25.0 Å². The third-order valence-electron chi connectivity index (χ3n) is 2.07. The van der Waals surface area contributed by atoms with Crippen molar-refractivity contribution in [3.63, 3.8) is 0 Å². The Morgan fingerprint density at radius 3 is 3.19 bits per heavy atom. The van der Waals surface area contributed by atoms with Crippen molar-refractivity contribution in [3.05, 3.63) is 12.4 Å². The van der Waals surface area contributed by atoms with Crippen molar-refractivity contribution in [2.45, 2.75) is 19.9 Å². The molecule has 0 bridgehead atoms. The van der Waals surface area contributed by atoms with Crippen molar-refractivity contribution >= 4 is 11.5 Å². The number of hydrogen-bond acceptors (Lipinski definition) is 6. The molecule has 2 heterocycles. The SMILES string of the molecule is CCOCC(C)Nc1cncc2nnnn12. The monoisotopic (exact) mass is 222 g/mol. The standard InChI is InChI=1S/C9H14N6O/c1-3-16-6-7(2)11-8-4-10-5-9-12-13-14-15(8)9/h4-5,7,11H,3,6H2,1-2H3. The zero-order valence-corrected chi connectivity index (χ0v) is 9.29. The quantitative estimate of drug-likeness (QED) is 0.786. The molecule has 2 rings (SSSR count). The topological polar surface area (TPSA) is 77.2 Å². The predicted molar refractivity (Wildman–Crippen MR) is 58.2 cm³/mol. The molecule has 7 heteroatoms. The van der Waals surface area contributed by atoms with Crippen LogP contribution in [0.2, 0.25) is 0 Å². The average molecular weight is 222 g/mol. The Morgan fingerprint density at radius 1 is 1.50 bits per heavy atom. The first-order valence-electron chi connectivity index (χ1n) is 5.17. The molecule has 0 aliphatic heterocycles. The van der Waals surface area contributed by atoms with E-state index in [1.54, 1.807) is 16.9 Å². The number of nitrogens with one attached hydrogen (secondary N) is 1. The zero-order chi connectivity index (χ0) is 11.4. The molecule has 0 aliphatic rings. The molecule has 1 unspecified atom stereocenters. The van der Waals surface area contributed by atoms with Crippen molar-refractivity contribution in [2.24, 2.45) is 0 Å². The minimum atomic E-state index is 0.177. The summed E-state index contributed by atoms with van der Waals surface area (Å²) in [5.41, 5.74) is 0.619. The minimum absolute atomic E-state index is 0.177. The van der Waals surface area contributed by atoms with Crippen LogP contribution in [0.4, 0.5) is 5.82 Å². The number of nitrogens with zero attached hydrogens (tertiary/aromatic N) is 5. The molecule has 1 N–H and O–H groups in total. The Kier molecular flexibility index (Phi) is 3.25. The minimum Gasteiger partial charge on any atom is -0.380 e. The Labute approximate surface area is 92.8 Å². The molecule has 0 aromatic carbocycles. The molecule has 86 valence electrons. The maximum absolute atomic E-state index is 5.32. The van der Waals surface area contributed by atoms with Crippen molar-refractivity contribution in [2.75, 3.05) is 18.5 Å². The van der Waals surface area contributed by atoms with Gasteiger partial charge in [0.05, 0.1) is 19.0 Å². The third-order valence-corrected chi connectivity index (χ3v) is 2.07. The third kappa shape index (κ3) is 2.25. The van der Waals surface area contributed by atoms with E-state index in [1.807, 2.05) is 13.8 Å². The number of aromatic nitrogens is 5. The van der Waals surface area contributed by atoms with E-state index in [-0.39, 0.29) is 6.04 Å². The smallest absolute Gasteiger partial charge is 0.199 e. The molecular formula is C9H14N6O. The van der Waals surface area contributed by atoms with E-state index in [1.165, 1.54) is 0 Å². The molecule has 0 radical (unpaired) electrons. The molecule has 0 saturated carbocycles. The van der Waals surface area contributed by atoms with Crippen LogP contribution in [-0.4, -0.2) is 44.3 Å². The van der Waals surface area contributed by atoms with Gasteiger partial charge in [-0.3, -0.25) is 4.98 Å². The number of anilines is 1. The van der Waals surface area contributed by atoms with E-state index in [0.717, 1.165) is 5.82 Å². The van der Waals surface area contributed by atoms with E-state index in [2.05, 4.69) is 25.8 Å². The summed E-state index contributed by atoms with van der Waals surface area (Å²) in [5, 5.41) is 14.5. The number of fused-ring (bicyclic) bond motifs is 1. The van der Waals surface area contributed by atoms with Gasteiger partial charge in [0.25, 0.3) is 0 Å². The molecule has 2 aromatic heterocycles. The number of rotatable bonds is 5. The lowest BCUT2D eigenvalue weighted by molar-refractivity contribution is 0.141. The number of hydrogen-bond donors (Lipinski definition) is 1. The molecule has 0 amide bonds. The summed E-state index contributed by atoms with van der Waals surface area (Å²) in [6.45, 7) is 5.34. The first kappa shape index (κ1) is 10.7. The van der Waals surface area contributed by atoms with E-state index >= 15 is 0 Å². The van der Waals surface area contributed by atoms with Crippen LogP contribution in [0.1, 0.15) is 13.8 Å². The second-order valence-electron chi connectivity index (χ2n) is 3.45. The van der Waals surface area contributed by atoms with Gasteiger partial charge >= 0.3 is 0 Å². The highest BCUT2D eigenvalue weighted by Gasteiger charge is 2.07.